The number of carbonyl (C=O) groups is 1. The van der Waals surface area contributed by atoms with Crippen molar-refractivity contribution in [2.24, 2.45) is 5.73 Å². The highest BCUT2D eigenvalue weighted by Gasteiger charge is 2.08. The third-order valence-electron chi connectivity index (χ3n) is 2.30. The molecule has 1 amide bonds. The first kappa shape index (κ1) is 10.8. The lowest BCUT2D eigenvalue weighted by atomic mass is 10.2. The average molecular weight is 233 g/mol. The van der Waals surface area contributed by atoms with Crippen molar-refractivity contribution < 1.29 is 4.79 Å². The van der Waals surface area contributed by atoms with Crippen LogP contribution in [0.25, 0.3) is 10.6 Å². The summed E-state index contributed by atoms with van der Waals surface area (Å²) in [6.07, 6.45) is 3.14. The highest BCUT2D eigenvalue weighted by atomic mass is 32.1. The average Bonchev–Trinajstić information content (AvgIpc) is 2.59. The van der Waals surface area contributed by atoms with E-state index in [9.17, 15) is 4.79 Å². The van der Waals surface area contributed by atoms with E-state index in [1.807, 2.05) is 13.8 Å². The van der Waals surface area contributed by atoms with Gasteiger partial charge in [0.1, 0.15) is 5.01 Å². The molecule has 0 aliphatic heterocycles. The second kappa shape index (κ2) is 4.02. The molecule has 16 heavy (non-hydrogen) atoms. The topological polar surface area (TPSA) is 68.9 Å². The van der Waals surface area contributed by atoms with Gasteiger partial charge in [0.2, 0.25) is 5.91 Å². The quantitative estimate of drug-likeness (QED) is 0.861. The summed E-state index contributed by atoms with van der Waals surface area (Å²) in [5.41, 5.74) is 7.44. The standard InChI is InChI=1S/C11H11N3OS/c1-6-7(2)16-11(14-6)9-3-8(10(12)15)4-13-5-9/h3-5H,1-2H3,(H2,12,15). The SMILES string of the molecule is Cc1nc(-c2cncc(C(N)=O)c2)sc1C. The van der Waals surface area contributed by atoms with Gasteiger partial charge in [0, 0.05) is 22.8 Å². The number of amides is 1. The van der Waals surface area contributed by atoms with Crippen LogP contribution in [0.4, 0.5) is 0 Å². The molecule has 0 aliphatic carbocycles. The number of rotatable bonds is 2. The molecule has 0 radical (unpaired) electrons. The van der Waals surface area contributed by atoms with Crippen molar-refractivity contribution >= 4 is 17.2 Å². The van der Waals surface area contributed by atoms with Crippen LogP contribution in [-0.4, -0.2) is 15.9 Å². The summed E-state index contributed by atoms with van der Waals surface area (Å²) >= 11 is 1.58. The fourth-order valence-electron chi connectivity index (χ4n) is 1.29. The Morgan fingerprint density at radius 2 is 2.12 bits per heavy atom. The van der Waals surface area contributed by atoms with Gasteiger partial charge in [-0.3, -0.25) is 9.78 Å². The zero-order valence-electron chi connectivity index (χ0n) is 9.02. The van der Waals surface area contributed by atoms with E-state index in [1.54, 1.807) is 23.6 Å². The van der Waals surface area contributed by atoms with E-state index in [2.05, 4.69) is 9.97 Å². The molecule has 0 spiro atoms. The van der Waals surface area contributed by atoms with E-state index in [4.69, 9.17) is 5.73 Å². The molecule has 2 aromatic rings. The smallest absolute Gasteiger partial charge is 0.250 e. The first-order valence-electron chi connectivity index (χ1n) is 4.77. The van der Waals surface area contributed by atoms with Gasteiger partial charge < -0.3 is 5.73 Å². The number of nitrogens with two attached hydrogens (primary N) is 1. The summed E-state index contributed by atoms with van der Waals surface area (Å²) in [7, 11) is 0. The first-order valence-corrected chi connectivity index (χ1v) is 5.59. The molecule has 2 aromatic heterocycles. The third-order valence-corrected chi connectivity index (χ3v) is 3.42. The van der Waals surface area contributed by atoms with Crippen LogP contribution in [0.1, 0.15) is 20.9 Å². The lowest BCUT2D eigenvalue weighted by molar-refractivity contribution is 0.1000. The second-order valence-electron chi connectivity index (χ2n) is 3.49. The van der Waals surface area contributed by atoms with Crippen molar-refractivity contribution in [1.29, 1.82) is 0 Å². The van der Waals surface area contributed by atoms with Gasteiger partial charge in [0.15, 0.2) is 0 Å². The number of aromatic nitrogens is 2. The van der Waals surface area contributed by atoms with Gasteiger partial charge in [0.25, 0.3) is 0 Å². The van der Waals surface area contributed by atoms with Crippen LogP contribution in [-0.2, 0) is 0 Å². The maximum absolute atomic E-state index is 11.0. The number of primary amides is 1. The van der Waals surface area contributed by atoms with E-state index < -0.39 is 5.91 Å². The van der Waals surface area contributed by atoms with Gasteiger partial charge in [0.05, 0.1) is 11.3 Å². The van der Waals surface area contributed by atoms with Crippen LogP contribution in [0.2, 0.25) is 0 Å². The van der Waals surface area contributed by atoms with Crippen LogP contribution in [0.3, 0.4) is 0 Å². The Morgan fingerprint density at radius 1 is 1.38 bits per heavy atom. The number of carbonyl (C=O) groups excluding carboxylic acids is 1. The first-order chi connectivity index (χ1) is 7.58. The summed E-state index contributed by atoms with van der Waals surface area (Å²) in [4.78, 5) is 20.6. The van der Waals surface area contributed by atoms with Gasteiger partial charge in [-0.2, -0.15) is 0 Å². The summed E-state index contributed by atoms with van der Waals surface area (Å²) < 4.78 is 0. The lowest BCUT2D eigenvalue weighted by Crippen LogP contribution is -2.11. The number of aryl methyl sites for hydroxylation is 2. The molecule has 4 nitrogen and oxygen atoms in total. The monoisotopic (exact) mass is 233 g/mol. The molecular formula is C11H11N3OS. The fraction of sp³-hybridized carbons (Fsp3) is 0.182. The van der Waals surface area contributed by atoms with Gasteiger partial charge in [-0.05, 0) is 19.9 Å². The highest BCUT2D eigenvalue weighted by molar-refractivity contribution is 7.15. The predicted molar refractivity (Wildman–Crippen MR) is 63.3 cm³/mol. The Bertz CT molecular complexity index is 528. The van der Waals surface area contributed by atoms with Crippen LogP contribution in [0.15, 0.2) is 18.5 Å². The molecule has 82 valence electrons. The van der Waals surface area contributed by atoms with E-state index in [0.29, 0.717) is 5.56 Å². The second-order valence-corrected chi connectivity index (χ2v) is 4.69. The van der Waals surface area contributed by atoms with Crippen LogP contribution >= 0.6 is 11.3 Å². The van der Waals surface area contributed by atoms with Crippen molar-refractivity contribution in [3.8, 4) is 10.6 Å². The number of hydrogen-bond acceptors (Lipinski definition) is 4. The molecular weight excluding hydrogens is 222 g/mol. The van der Waals surface area contributed by atoms with E-state index in [1.165, 1.54) is 11.1 Å². The summed E-state index contributed by atoms with van der Waals surface area (Å²) in [5.74, 6) is -0.473. The van der Waals surface area contributed by atoms with Gasteiger partial charge in [-0.15, -0.1) is 11.3 Å². The van der Waals surface area contributed by atoms with Crippen LogP contribution in [0, 0.1) is 13.8 Å². The van der Waals surface area contributed by atoms with E-state index >= 15 is 0 Å². The number of hydrogen-bond donors (Lipinski definition) is 1. The van der Waals surface area contributed by atoms with Crippen LogP contribution in [0.5, 0.6) is 0 Å². The van der Waals surface area contributed by atoms with E-state index in [-0.39, 0.29) is 0 Å². The minimum atomic E-state index is -0.473. The van der Waals surface area contributed by atoms with Crippen LogP contribution < -0.4 is 5.73 Å². The molecule has 0 bridgehead atoms. The maximum Gasteiger partial charge on any atom is 0.250 e. The van der Waals surface area contributed by atoms with Crippen molar-refractivity contribution in [2.75, 3.05) is 0 Å². The van der Waals surface area contributed by atoms with Gasteiger partial charge >= 0.3 is 0 Å². The summed E-state index contributed by atoms with van der Waals surface area (Å²) in [6.45, 7) is 3.97. The fourth-order valence-corrected chi connectivity index (χ4v) is 2.18. The summed E-state index contributed by atoms with van der Waals surface area (Å²) in [5, 5.41) is 0.866. The Kier molecular flexibility index (Phi) is 2.70. The summed E-state index contributed by atoms with van der Waals surface area (Å²) in [6, 6.07) is 1.72. The Balaban J connectivity index is 2.48. The molecule has 0 saturated carbocycles. The zero-order chi connectivity index (χ0) is 11.7. The molecule has 0 fully saturated rings. The predicted octanol–water partition coefficient (Wildman–Crippen LogP) is 1.92. The molecule has 0 aromatic carbocycles. The molecule has 0 unspecified atom stereocenters. The molecule has 2 N–H and O–H groups in total. The van der Waals surface area contributed by atoms with Crippen molar-refractivity contribution in [3.63, 3.8) is 0 Å². The Hall–Kier alpha value is -1.75. The largest absolute Gasteiger partial charge is 0.366 e. The minimum Gasteiger partial charge on any atom is -0.366 e. The molecule has 0 aliphatic rings. The molecule has 2 rings (SSSR count). The Labute approximate surface area is 97.2 Å². The number of nitrogens with zero attached hydrogens (tertiary/aromatic N) is 2. The zero-order valence-corrected chi connectivity index (χ0v) is 9.84. The maximum atomic E-state index is 11.0. The Morgan fingerprint density at radius 3 is 2.69 bits per heavy atom. The van der Waals surface area contributed by atoms with Crippen molar-refractivity contribution in [3.05, 3.63) is 34.6 Å². The number of thiazole rings is 1. The van der Waals surface area contributed by atoms with Gasteiger partial charge in [-0.1, -0.05) is 0 Å². The lowest BCUT2D eigenvalue weighted by Gasteiger charge is -1.98. The minimum absolute atomic E-state index is 0.406. The molecule has 2 heterocycles. The third kappa shape index (κ3) is 1.94. The normalized spacial score (nSPS) is 10.4. The molecule has 0 atom stereocenters. The highest BCUT2D eigenvalue weighted by Crippen LogP contribution is 2.26. The van der Waals surface area contributed by atoms with E-state index in [0.717, 1.165) is 16.3 Å². The van der Waals surface area contributed by atoms with Gasteiger partial charge in [-0.25, -0.2) is 4.98 Å². The molecule has 0 saturated heterocycles. The number of pyridine rings is 1. The molecule has 5 heteroatoms. The van der Waals surface area contributed by atoms with Crippen molar-refractivity contribution in [2.45, 2.75) is 13.8 Å². The van der Waals surface area contributed by atoms with Crippen molar-refractivity contribution in [1.82, 2.24) is 9.97 Å².